The Kier molecular flexibility index (Phi) is 14.9. The average Bonchev–Trinajstić information content (AvgIpc) is 3.03. The van der Waals surface area contributed by atoms with Crippen LogP contribution in [0.15, 0.2) is 53.5 Å². The second kappa shape index (κ2) is 17.8. The number of β-lactam (4-membered cyclic amide) rings is 1. The third-order valence-electron chi connectivity index (χ3n) is 7.28. The van der Waals surface area contributed by atoms with Gasteiger partial charge in [0.1, 0.15) is 35.2 Å². The SMILES string of the molecule is O=C(COc1ccccc1)N[C@H]1C(=O)N(S(=O)(=O)O)C1SC(=S)OCCn1cc(C(=O)O)c(=O)c2cc(F)c(N3CCNCC3)cc21.[NaH].[NaH]. The van der Waals surface area contributed by atoms with Gasteiger partial charge in [-0.3, -0.25) is 18.9 Å². The zero-order chi connectivity index (χ0) is 33.9. The van der Waals surface area contributed by atoms with Gasteiger partial charge in [0.2, 0.25) is 9.81 Å². The number of nitrogens with one attached hydrogen (secondary N) is 2. The van der Waals surface area contributed by atoms with E-state index in [1.54, 1.807) is 35.2 Å². The quantitative estimate of drug-likeness (QED) is 0.0848. The third kappa shape index (κ3) is 9.73. The number of thioether (sulfide) groups is 1. The molecule has 2 aliphatic rings. The number of rotatable bonds is 11. The number of aromatic carboxylic acids is 1. The number of thiocarbonyl (C=S) groups is 1. The topological polar surface area (TPSA) is 197 Å². The molecule has 3 aromatic rings. The number of hydrogen-bond acceptors (Lipinski definition) is 12. The molecule has 1 unspecified atom stereocenters. The number of pyridine rings is 1. The van der Waals surface area contributed by atoms with E-state index >= 15 is 4.39 Å². The van der Waals surface area contributed by atoms with Crippen molar-refractivity contribution < 1.29 is 46.3 Å². The molecule has 3 heterocycles. The second-order valence-corrected chi connectivity index (χ2v) is 13.3. The molecule has 2 amide bonds. The van der Waals surface area contributed by atoms with Crippen LogP contribution in [0.1, 0.15) is 10.4 Å². The first-order chi connectivity index (χ1) is 22.3. The van der Waals surface area contributed by atoms with Gasteiger partial charge in [-0.15, -0.1) is 0 Å². The summed E-state index contributed by atoms with van der Waals surface area (Å²) < 4.78 is 60.6. The molecule has 2 aromatic carbocycles. The Bertz CT molecular complexity index is 1900. The summed E-state index contributed by atoms with van der Waals surface area (Å²) in [6.45, 7) is 1.49. The standard InChI is InChI=1S/C28H28FN5O10S3.2Na.2H/c29-19-12-17-20(13-21(19)32-8-6-30-7-9-32)33(14-18(24(17)36)27(38)39)10-11-43-28(45)46-26-23(25(37)34(26)47(40,41)42)31-22(35)15-44-16-4-2-1-3-5-16;;;;/h1-5,12-14,23,26,30H,6-11,15H2,(H,31,35)(H,38,39)(H,40,41,42);;;;/t23-,26?;;;;/m0..../s1. The van der Waals surface area contributed by atoms with Crippen molar-refractivity contribution in [1.29, 1.82) is 0 Å². The number of benzene rings is 2. The molecule has 2 atom stereocenters. The van der Waals surface area contributed by atoms with Crippen LogP contribution in [0.2, 0.25) is 0 Å². The zero-order valence-corrected chi connectivity index (χ0v) is 26.8. The average molecular weight is 758 g/mol. The van der Waals surface area contributed by atoms with Crippen LogP contribution in [0, 0.1) is 5.82 Å². The van der Waals surface area contributed by atoms with Crippen LogP contribution >= 0.6 is 24.0 Å². The van der Waals surface area contributed by atoms with Crippen molar-refractivity contribution in [3.8, 4) is 5.75 Å². The van der Waals surface area contributed by atoms with Gasteiger partial charge in [-0.05, 0) is 48.2 Å². The number of para-hydroxylation sites is 1. The van der Waals surface area contributed by atoms with E-state index in [4.69, 9.17) is 21.7 Å². The molecule has 4 N–H and O–H groups in total. The molecule has 0 aliphatic carbocycles. The van der Waals surface area contributed by atoms with E-state index in [1.807, 2.05) is 0 Å². The monoisotopic (exact) mass is 757 g/mol. The van der Waals surface area contributed by atoms with Gasteiger partial charge in [0.05, 0.1) is 17.7 Å². The summed E-state index contributed by atoms with van der Waals surface area (Å²) in [5.41, 5.74) is -0.955. The number of carbonyl (C=O) groups excluding carboxylic acids is 2. The normalized spacial score (nSPS) is 17.3. The molecule has 5 rings (SSSR count). The van der Waals surface area contributed by atoms with E-state index in [0.29, 0.717) is 43.7 Å². The fourth-order valence-electron chi connectivity index (χ4n) is 5.06. The van der Waals surface area contributed by atoms with Crippen molar-refractivity contribution >= 4 is 132 Å². The Morgan fingerprint density at radius 2 is 1.80 bits per heavy atom. The maximum atomic E-state index is 15.1. The van der Waals surface area contributed by atoms with Gasteiger partial charge >= 0.3 is 75.4 Å². The molecule has 254 valence electrons. The van der Waals surface area contributed by atoms with Crippen molar-refractivity contribution in [3.63, 3.8) is 0 Å². The van der Waals surface area contributed by atoms with Crippen molar-refractivity contribution in [3.05, 3.63) is 70.3 Å². The Morgan fingerprint density at radius 1 is 1.12 bits per heavy atom. The minimum atomic E-state index is -5.02. The van der Waals surface area contributed by atoms with Crippen LogP contribution in [0.3, 0.4) is 0 Å². The van der Waals surface area contributed by atoms with E-state index in [2.05, 4.69) is 10.6 Å². The number of aromatic nitrogens is 1. The number of nitrogens with zero attached hydrogens (tertiary/aromatic N) is 3. The van der Waals surface area contributed by atoms with Crippen molar-refractivity contribution in [2.45, 2.75) is 18.0 Å². The molecular formula is C28H30FN5Na2O10S3. The predicted octanol–water partition coefficient (Wildman–Crippen LogP) is -0.479. The first-order valence-corrected chi connectivity index (χ1v) is 16.7. The fraction of sp³-hybridized carbons (Fsp3) is 0.321. The van der Waals surface area contributed by atoms with Crippen LogP contribution < -0.4 is 25.7 Å². The van der Waals surface area contributed by atoms with E-state index in [0.717, 1.165) is 12.3 Å². The molecule has 0 radical (unpaired) electrons. The van der Waals surface area contributed by atoms with Gasteiger partial charge < -0.3 is 34.7 Å². The van der Waals surface area contributed by atoms with Gasteiger partial charge in [-0.1, -0.05) is 18.2 Å². The number of hydrogen-bond donors (Lipinski definition) is 4. The molecule has 2 aliphatic heterocycles. The van der Waals surface area contributed by atoms with E-state index in [1.165, 1.54) is 10.6 Å². The van der Waals surface area contributed by atoms with E-state index in [-0.39, 0.29) is 97.5 Å². The summed E-state index contributed by atoms with van der Waals surface area (Å²) in [5.74, 6) is -3.64. The molecular weight excluding hydrogens is 728 g/mol. The van der Waals surface area contributed by atoms with Gasteiger partial charge in [-0.2, -0.15) is 12.7 Å². The van der Waals surface area contributed by atoms with Crippen molar-refractivity contribution in [2.24, 2.45) is 0 Å². The molecule has 1 aromatic heterocycles. The number of carboxylic acids is 1. The minimum absolute atomic E-state index is 0. The number of fused-ring (bicyclic) bond motifs is 1. The molecule has 2 fully saturated rings. The number of piperazine rings is 1. The number of anilines is 1. The molecule has 21 heteroatoms. The number of amides is 2. The van der Waals surface area contributed by atoms with E-state index in [9.17, 15) is 37.3 Å². The summed E-state index contributed by atoms with van der Waals surface area (Å²) in [4.78, 5) is 51.5. The van der Waals surface area contributed by atoms with Gasteiger partial charge in [0.15, 0.2) is 6.61 Å². The first-order valence-electron chi connectivity index (χ1n) is 14.0. The van der Waals surface area contributed by atoms with Crippen LogP contribution in [0.25, 0.3) is 10.9 Å². The van der Waals surface area contributed by atoms with Crippen LogP contribution in [-0.4, -0.2) is 159 Å². The summed E-state index contributed by atoms with van der Waals surface area (Å²) in [7, 11) is -5.02. The molecule has 49 heavy (non-hydrogen) atoms. The molecule has 15 nitrogen and oxygen atoms in total. The second-order valence-electron chi connectivity index (χ2n) is 10.3. The van der Waals surface area contributed by atoms with Crippen LogP contribution in [-0.2, 0) is 31.2 Å². The fourth-order valence-corrected chi connectivity index (χ4v) is 7.49. The van der Waals surface area contributed by atoms with Crippen molar-refractivity contribution in [2.75, 3.05) is 44.3 Å². The van der Waals surface area contributed by atoms with E-state index < -0.39 is 62.9 Å². The van der Waals surface area contributed by atoms with Gasteiger partial charge in [0.25, 0.3) is 11.8 Å². The number of ether oxygens (including phenoxy) is 2. The molecule has 0 bridgehead atoms. The molecule has 2 saturated heterocycles. The molecule has 0 spiro atoms. The zero-order valence-electron chi connectivity index (χ0n) is 24.3. The van der Waals surface area contributed by atoms with Crippen molar-refractivity contribution in [1.82, 2.24) is 19.5 Å². The van der Waals surface area contributed by atoms with Gasteiger partial charge in [0, 0.05) is 37.8 Å². The summed E-state index contributed by atoms with van der Waals surface area (Å²) in [6.07, 6.45) is 1.11. The number of carboxylic acid groups (broad SMARTS) is 1. The van der Waals surface area contributed by atoms with Gasteiger partial charge in [-0.25, -0.2) is 9.18 Å². The maximum absolute atomic E-state index is 15.1. The number of carbonyl (C=O) groups is 3. The Morgan fingerprint density at radius 3 is 2.43 bits per heavy atom. The van der Waals surface area contributed by atoms with Crippen LogP contribution in [0.4, 0.5) is 10.1 Å². The summed E-state index contributed by atoms with van der Waals surface area (Å²) >= 11 is 5.79. The molecule has 0 saturated carbocycles. The predicted molar refractivity (Wildman–Crippen MR) is 187 cm³/mol. The Balaban J connectivity index is 0.00000325. The Labute approximate surface area is 333 Å². The van der Waals surface area contributed by atoms with Crippen LogP contribution in [0.5, 0.6) is 5.75 Å². The first kappa shape index (κ1) is 41.1. The summed E-state index contributed by atoms with van der Waals surface area (Å²) in [5, 5.41) is 13.6. The number of halogens is 1. The summed E-state index contributed by atoms with van der Waals surface area (Å²) in [6, 6.07) is 9.43. The third-order valence-corrected chi connectivity index (χ3v) is 9.76. The Hall–Kier alpha value is -2.30.